The van der Waals surface area contributed by atoms with Crippen LogP contribution in [0.15, 0.2) is 30.4 Å². The highest BCUT2D eigenvalue weighted by Gasteiger charge is 2.33. The number of piperazine rings is 1. The fourth-order valence-corrected chi connectivity index (χ4v) is 5.94. The van der Waals surface area contributed by atoms with Gasteiger partial charge in [0.05, 0.1) is 13.2 Å². The molecule has 2 saturated heterocycles. The number of benzene rings is 1. The minimum Gasteiger partial charge on any atom is -0.378 e. The van der Waals surface area contributed by atoms with Crippen LogP contribution in [0.4, 0.5) is 16.2 Å². The maximum Gasteiger partial charge on any atom is 0.321 e. The predicted octanol–water partition coefficient (Wildman–Crippen LogP) is 5.32. The maximum atomic E-state index is 12.8. The van der Waals surface area contributed by atoms with Gasteiger partial charge in [0.25, 0.3) is 0 Å². The van der Waals surface area contributed by atoms with Gasteiger partial charge in [-0.15, -0.1) is 0 Å². The average Bonchev–Trinajstić information content (AvgIpc) is 2.82. The Morgan fingerprint density at radius 3 is 2.56 bits per heavy atom. The van der Waals surface area contributed by atoms with Crippen LogP contribution in [0.1, 0.15) is 64.4 Å². The van der Waals surface area contributed by atoms with E-state index in [1.807, 2.05) is 4.90 Å². The average molecular weight is 469 g/mol. The molecule has 0 spiro atoms. The zero-order chi connectivity index (χ0) is 24.1. The van der Waals surface area contributed by atoms with Gasteiger partial charge in [-0.2, -0.15) is 0 Å². The normalized spacial score (nSPS) is 23.7. The molecule has 1 aromatic carbocycles. The van der Waals surface area contributed by atoms with Crippen LogP contribution in [0.3, 0.4) is 0 Å². The summed E-state index contributed by atoms with van der Waals surface area (Å²) in [6.45, 7) is 19.5. The number of nitrogens with zero attached hydrogens (tertiary/aromatic N) is 3. The van der Waals surface area contributed by atoms with Crippen molar-refractivity contribution in [3.8, 4) is 0 Å². The minimum atomic E-state index is -0.0278. The Morgan fingerprint density at radius 2 is 1.88 bits per heavy atom. The molecule has 0 radical (unpaired) electrons. The van der Waals surface area contributed by atoms with Crippen molar-refractivity contribution in [2.45, 2.75) is 58.8 Å². The van der Waals surface area contributed by atoms with Gasteiger partial charge in [-0.25, -0.2) is 4.79 Å². The molecule has 1 saturated carbocycles. The third-order valence-electron chi connectivity index (χ3n) is 7.62. The number of allylic oxidation sites excluding steroid dienone is 1. The molecule has 1 unspecified atom stereocenters. The van der Waals surface area contributed by atoms with Crippen LogP contribution in [0.25, 0.3) is 0 Å². The van der Waals surface area contributed by atoms with Crippen molar-refractivity contribution >= 4 is 17.4 Å². The van der Waals surface area contributed by atoms with Crippen molar-refractivity contribution in [1.82, 2.24) is 9.80 Å². The minimum absolute atomic E-state index is 0.0278. The molecule has 1 aliphatic carbocycles. The molecule has 0 bridgehead atoms. The lowest BCUT2D eigenvalue weighted by molar-refractivity contribution is 0.0564. The predicted molar refractivity (Wildman–Crippen MR) is 141 cm³/mol. The summed E-state index contributed by atoms with van der Waals surface area (Å²) in [5, 5.41) is 3.17. The third kappa shape index (κ3) is 6.33. The van der Waals surface area contributed by atoms with Crippen LogP contribution in [0, 0.1) is 5.41 Å². The van der Waals surface area contributed by atoms with Gasteiger partial charge in [-0.1, -0.05) is 39.3 Å². The molecule has 4 rings (SSSR count). The number of hydrogen-bond donors (Lipinski definition) is 1. The fraction of sp³-hybridized carbons (Fsp3) is 0.679. The number of amides is 2. The van der Waals surface area contributed by atoms with Gasteiger partial charge in [0.2, 0.25) is 0 Å². The first kappa shape index (κ1) is 25.1. The summed E-state index contributed by atoms with van der Waals surface area (Å²) < 4.78 is 5.40. The molecule has 1 N–H and O–H groups in total. The number of urea groups is 1. The van der Waals surface area contributed by atoms with Crippen molar-refractivity contribution in [1.29, 1.82) is 0 Å². The van der Waals surface area contributed by atoms with Crippen LogP contribution in [-0.2, 0) is 4.74 Å². The van der Waals surface area contributed by atoms with E-state index in [2.05, 4.69) is 60.7 Å². The highest BCUT2D eigenvalue weighted by Crippen LogP contribution is 2.48. The molecule has 3 aliphatic rings. The highest BCUT2D eigenvalue weighted by atomic mass is 16.5. The molecule has 1 atom stereocenters. The number of hydrogen-bond acceptors (Lipinski definition) is 4. The Hall–Kier alpha value is -2.05. The van der Waals surface area contributed by atoms with E-state index in [-0.39, 0.29) is 11.4 Å². The molecule has 2 amide bonds. The first-order chi connectivity index (χ1) is 16.3. The van der Waals surface area contributed by atoms with Gasteiger partial charge in [0.15, 0.2) is 0 Å². The first-order valence-electron chi connectivity index (χ1n) is 13.3. The van der Waals surface area contributed by atoms with Crippen LogP contribution in [0.2, 0.25) is 0 Å². The van der Waals surface area contributed by atoms with Crippen LogP contribution < -0.4 is 10.2 Å². The number of nitrogens with one attached hydrogen (secondary N) is 1. The van der Waals surface area contributed by atoms with Crippen LogP contribution >= 0.6 is 0 Å². The summed E-state index contributed by atoms with van der Waals surface area (Å²) in [4.78, 5) is 19.9. The summed E-state index contributed by atoms with van der Waals surface area (Å²) in [7, 11) is 0. The molecule has 2 aliphatic heterocycles. The maximum absolute atomic E-state index is 12.8. The lowest BCUT2D eigenvalue weighted by atomic mass is 9.68. The Labute approximate surface area is 206 Å². The van der Waals surface area contributed by atoms with E-state index in [1.165, 1.54) is 36.2 Å². The van der Waals surface area contributed by atoms with Gasteiger partial charge in [0, 0.05) is 50.6 Å². The van der Waals surface area contributed by atoms with E-state index in [9.17, 15) is 4.79 Å². The van der Waals surface area contributed by atoms with Gasteiger partial charge in [-0.3, -0.25) is 4.90 Å². The number of morpholine rings is 1. The number of carbonyl (C=O) groups is 1. The van der Waals surface area contributed by atoms with Crippen molar-refractivity contribution in [2.75, 3.05) is 69.2 Å². The molecule has 1 aromatic rings. The lowest BCUT2D eigenvalue weighted by Gasteiger charge is -2.41. The van der Waals surface area contributed by atoms with E-state index in [0.29, 0.717) is 32.2 Å². The molecule has 6 nitrogen and oxygen atoms in total. The third-order valence-corrected chi connectivity index (χ3v) is 7.62. The Morgan fingerprint density at radius 1 is 1.15 bits per heavy atom. The second-order valence-corrected chi connectivity index (χ2v) is 11.2. The van der Waals surface area contributed by atoms with E-state index >= 15 is 0 Å². The van der Waals surface area contributed by atoms with Gasteiger partial charge in [0.1, 0.15) is 0 Å². The van der Waals surface area contributed by atoms with Gasteiger partial charge < -0.3 is 19.9 Å². The van der Waals surface area contributed by atoms with E-state index < -0.39 is 0 Å². The highest BCUT2D eigenvalue weighted by molar-refractivity contribution is 5.90. The van der Waals surface area contributed by atoms with Crippen LogP contribution in [0.5, 0.6) is 0 Å². The zero-order valence-electron chi connectivity index (χ0n) is 21.6. The molecule has 0 aromatic heterocycles. The van der Waals surface area contributed by atoms with Crippen molar-refractivity contribution < 1.29 is 9.53 Å². The number of rotatable bonds is 6. The number of anilines is 2. The quantitative estimate of drug-likeness (QED) is 0.574. The van der Waals surface area contributed by atoms with Crippen LogP contribution in [-0.4, -0.2) is 74.9 Å². The summed E-state index contributed by atoms with van der Waals surface area (Å²) >= 11 is 0. The molecular formula is C28H44N4O2. The second-order valence-electron chi connectivity index (χ2n) is 11.2. The summed E-state index contributed by atoms with van der Waals surface area (Å²) in [6.07, 6.45) is 5.82. The molecular weight excluding hydrogens is 424 g/mol. The molecule has 2 heterocycles. The SMILES string of the molecule is C=C1CC(c2cc(NC(=O)N3CCOCC3)ccc2N2CCN(CCCC)CC2)CC(C)(C)C1. The van der Waals surface area contributed by atoms with Gasteiger partial charge in [-0.05, 0) is 67.3 Å². The fourth-order valence-electron chi connectivity index (χ4n) is 5.94. The largest absolute Gasteiger partial charge is 0.378 e. The smallest absolute Gasteiger partial charge is 0.321 e. The van der Waals surface area contributed by atoms with E-state index in [4.69, 9.17) is 4.74 Å². The van der Waals surface area contributed by atoms with Gasteiger partial charge >= 0.3 is 6.03 Å². The summed E-state index contributed by atoms with van der Waals surface area (Å²) in [6, 6.07) is 6.55. The van der Waals surface area contributed by atoms with E-state index in [0.717, 1.165) is 51.1 Å². The number of ether oxygens (including phenoxy) is 1. The standard InChI is InChI=1S/C28H44N4O2/c1-5-6-9-30-10-12-31(13-11-30)26-8-7-24(29-27(33)32-14-16-34-17-15-32)19-25(26)23-18-22(2)20-28(3,4)21-23/h7-8,19,23H,2,5-6,9-18,20-21H2,1,3-4H3,(H,29,33). The number of unbranched alkanes of at least 4 members (excludes halogenated alkanes) is 1. The zero-order valence-corrected chi connectivity index (χ0v) is 21.6. The Balaban J connectivity index is 1.55. The van der Waals surface area contributed by atoms with Crippen molar-refractivity contribution in [2.24, 2.45) is 5.41 Å². The number of carbonyl (C=O) groups excluding carboxylic acids is 1. The monoisotopic (exact) mass is 468 g/mol. The lowest BCUT2D eigenvalue weighted by Crippen LogP contribution is -2.47. The van der Waals surface area contributed by atoms with E-state index in [1.54, 1.807) is 0 Å². The first-order valence-corrected chi connectivity index (χ1v) is 13.3. The Bertz CT molecular complexity index is 854. The Kier molecular flexibility index (Phi) is 8.20. The van der Waals surface area contributed by atoms with Crippen molar-refractivity contribution in [3.05, 3.63) is 35.9 Å². The summed E-state index contributed by atoms with van der Waals surface area (Å²) in [5.41, 5.74) is 5.21. The molecule has 34 heavy (non-hydrogen) atoms. The molecule has 188 valence electrons. The topological polar surface area (TPSA) is 48.1 Å². The van der Waals surface area contributed by atoms with Crippen molar-refractivity contribution in [3.63, 3.8) is 0 Å². The molecule has 3 fully saturated rings. The second kappa shape index (κ2) is 11.1. The molecule has 6 heteroatoms. The summed E-state index contributed by atoms with van der Waals surface area (Å²) in [5.74, 6) is 0.435.